The zero-order valence-electron chi connectivity index (χ0n) is 13.3. The van der Waals surface area contributed by atoms with E-state index in [1.165, 1.54) is 12.8 Å². The quantitative estimate of drug-likeness (QED) is 0.781. The molecule has 1 aliphatic heterocycles. The van der Waals surface area contributed by atoms with Crippen molar-refractivity contribution >= 4 is 0 Å². The molecule has 2 aliphatic rings. The molecular weight excluding hydrogens is 270 g/mol. The number of hydrogen-bond acceptors (Lipinski definition) is 2. The Hall–Kier alpha value is -1.48. The van der Waals surface area contributed by atoms with Crippen LogP contribution in [0.25, 0.3) is 0 Å². The maximum Gasteiger partial charge on any atom is 0.0589 e. The van der Waals surface area contributed by atoms with Gasteiger partial charge in [-0.2, -0.15) is 0 Å². The minimum atomic E-state index is -0.233. The highest BCUT2D eigenvalue weighted by atomic mass is 16.3. The third kappa shape index (κ3) is 4.04. The number of piperidine rings is 1. The SMILES string of the molecule is C#C/C=C/CC1C(O)CCCC12CCC[C@@H](C/C=C/C#C)N2. The van der Waals surface area contributed by atoms with E-state index < -0.39 is 0 Å². The topological polar surface area (TPSA) is 32.3 Å². The van der Waals surface area contributed by atoms with Crippen molar-refractivity contribution in [3.8, 4) is 24.7 Å². The van der Waals surface area contributed by atoms with E-state index in [1.54, 1.807) is 12.2 Å². The van der Waals surface area contributed by atoms with Gasteiger partial charge in [-0.25, -0.2) is 0 Å². The van der Waals surface area contributed by atoms with Gasteiger partial charge in [0.15, 0.2) is 0 Å². The number of aliphatic hydroxyl groups is 1. The first-order chi connectivity index (χ1) is 10.7. The Morgan fingerprint density at radius 2 is 1.68 bits per heavy atom. The summed E-state index contributed by atoms with van der Waals surface area (Å²) in [5.41, 5.74) is 0.0590. The standard InChI is InChI=1S/C20H27NO/c1-3-5-7-11-17-12-9-15-20(21-17)16-10-14-19(22)18(20)13-8-6-4-2/h1-2,5-8,17-19,21-22H,9-16H2/b7-5+,8-6+/t17-,18?,19?,20?/m1/s1. The van der Waals surface area contributed by atoms with Gasteiger partial charge in [-0.15, -0.1) is 12.8 Å². The summed E-state index contributed by atoms with van der Waals surface area (Å²) in [5, 5.41) is 14.4. The Morgan fingerprint density at radius 3 is 2.36 bits per heavy atom. The average molecular weight is 297 g/mol. The molecule has 22 heavy (non-hydrogen) atoms. The average Bonchev–Trinajstić information content (AvgIpc) is 2.51. The maximum absolute atomic E-state index is 10.5. The van der Waals surface area contributed by atoms with Crippen molar-refractivity contribution in [2.75, 3.05) is 0 Å². The van der Waals surface area contributed by atoms with Crippen LogP contribution in [0.4, 0.5) is 0 Å². The van der Waals surface area contributed by atoms with Crippen LogP contribution in [0.1, 0.15) is 51.4 Å². The molecule has 4 atom stereocenters. The normalized spacial score (nSPS) is 35.7. The van der Waals surface area contributed by atoms with Crippen LogP contribution in [0.5, 0.6) is 0 Å². The lowest BCUT2D eigenvalue weighted by molar-refractivity contribution is -0.0182. The van der Waals surface area contributed by atoms with Gasteiger partial charge in [-0.3, -0.25) is 0 Å². The summed E-state index contributed by atoms with van der Waals surface area (Å²) in [4.78, 5) is 0. The van der Waals surface area contributed by atoms with E-state index in [0.29, 0.717) is 6.04 Å². The van der Waals surface area contributed by atoms with Crippen molar-refractivity contribution < 1.29 is 5.11 Å². The summed E-state index contributed by atoms with van der Waals surface area (Å²) < 4.78 is 0. The largest absolute Gasteiger partial charge is 0.393 e. The van der Waals surface area contributed by atoms with Crippen LogP contribution in [-0.4, -0.2) is 22.8 Å². The molecule has 1 spiro atoms. The first kappa shape index (κ1) is 16.9. The molecule has 3 unspecified atom stereocenters. The van der Waals surface area contributed by atoms with Crippen LogP contribution in [0.15, 0.2) is 24.3 Å². The lowest BCUT2D eigenvalue weighted by Gasteiger charge is -2.51. The van der Waals surface area contributed by atoms with Crippen LogP contribution >= 0.6 is 0 Å². The van der Waals surface area contributed by atoms with Crippen molar-refractivity contribution in [2.45, 2.75) is 69.1 Å². The van der Waals surface area contributed by atoms with Crippen molar-refractivity contribution in [1.82, 2.24) is 5.32 Å². The van der Waals surface area contributed by atoms with Gasteiger partial charge in [0.25, 0.3) is 0 Å². The summed E-state index contributed by atoms with van der Waals surface area (Å²) in [5.74, 6) is 5.35. The second kappa shape index (κ2) is 8.23. The number of terminal acetylenes is 2. The zero-order chi connectivity index (χ0) is 15.8. The Labute approximate surface area is 135 Å². The Balaban J connectivity index is 2.09. The van der Waals surface area contributed by atoms with Crippen LogP contribution in [-0.2, 0) is 0 Å². The predicted molar refractivity (Wildman–Crippen MR) is 92.0 cm³/mol. The number of rotatable bonds is 4. The Kier molecular flexibility index (Phi) is 6.32. The van der Waals surface area contributed by atoms with Gasteiger partial charge in [-0.05, 0) is 57.1 Å². The van der Waals surface area contributed by atoms with Crippen molar-refractivity contribution in [3.05, 3.63) is 24.3 Å². The van der Waals surface area contributed by atoms with E-state index >= 15 is 0 Å². The van der Waals surface area contributed by atoms with E-state index in [1.807, 2.05) is 6.08 Å². The zero-order valence-corrected chi connectivity index (χ0v) is 13.3. The van der Waals surface area contributed by atoms with E-state index in [9.17, 15) is 5.11 Å². The molecule has 0 aromatic carbocycles. The van der Waals surface area contributed by atoms with E-state index in [2.05, 4.69) is 23.2 Å². The molecule has 2 heteroatoms. The first-order valence-electron chi connectivity index (χ1n) is 8.40. The van der Waals surface area contributed by atoms with Crippen LogP contribution in [0.3, 0.4) is 0 Å². The monoisotopic (exact) mass is 297 g/mol. The van der Waals surface area contributed by atoms with Crippen LogP contribution in [0, 0.1) is 30.6 Å². The summed E-state index contributed by atoms with van der Waals surface area (Å²) in [7, 11) is 0. The first-order valence-corrected chi connectivity index (χ1v) is 8.40. The maximum atomic E-state index is 10.5. The number of aliphatic hydroxyl groups excluding tert-OH is 1. The molecule has 0 aromatic rings. The number of hydrogen-bond donors (Lipinski definition) is 2. The van der Waals surface area contributed by atoms with Crippen LogP contribution in [0.2, 0.25) is 0 Å². The second-order valence-electron chi connectivity index (χ2n) is 6.57. The molecule has 2 fully saturated rings. The highest BCUT2D eigenvalue weighted by Gasteiger charge is 2.46. The smallest absolute Gasteiger partial charge is 0.0589 e. The van der Waals surface area contributed by atoms with Crippen LogP contribution < -0.4 is 5.32 Å². The Bertz CT molecular complexity index is 489. The lowest BCUT2D eigenvalue weighted by atomic mass is 9.65. The lowest BCUT2D eigenvalue weighted by Crippen LogP contribution is -2.62. The minimum absolute atomic E-state index is 0.0590. The summed E-state index contributed by atoms with van der Waals surface area (Å²) in [6.07, 6.45) is 26.5. The molecule has 2 N–H and O–H groups in total. The fourth-order valence-corrected chi connectivity index (χ4v) is 4.23. The molecule has 1 saturated carbocycles. The molecule has 0 bridgehead atoms. The van der Waals surface area contributed by atoms with E-state index in [4.69, 9.17) is 12.8 Å². The second-order valence-corrected chi connectivity index (χ2v) is 6.57. The summed E-state index contributed by atoms with van der Waals surface area (Å²) >= 11 is 0. The van der Waals surface area contributed by atoms with Crippen molar-refractivity contribution in [1.29, 1.82) is 0 Å². The summed E-state index contributed by atoms with van der Waals surface area (Å²) in [6.45, 7) is 0. The number of nitrogens with one attached hydrogen (secondary N) is 1. The Morgan fingerprint density at radius 1 is 1.05 bits per heavy atom. The molecule has 2 nitrogen and oxygen atoms in total. The molecule has 2 rings (SSSR count). The molecule has 1 aliphatic carbocycles. The molecule has 118 valence electrons. The fraction of sp³-hybridized carbons (Fsp3) is 0.600. The van der Waals surface area contributed by atoms with Gasteiger partial charge in [-0.1, -0.05) is 30.4 Å². The molecule has 0 aromatic heterocycles. The van der Waals surface area contributed by atoms with Gasteiger partial charge in [0.1, 0.15) is 0 Å². The van der Waals surface area contributed by atoms with Gasteiger partial charge < -0.3 is 10.4 Å². The third-order valence-electron chi connectivity index (χ3n) is 5.20. The van der Waals surface area contributed by atoms with Gasteiger partial charge in [0.2, 0.25) is 0 Å². The van der Waals surface area contributed by atoms with Gasteiger partial charge in [0.05, 0.1) is 6.10 Å². The van der Waals surface area contributed by atoms with E-state index in [0.717, 1.165) is 38.5 Å². The van der Waals surface area contributed by atoms with Crippen molar-refractivity contribution in [3.63, 3.8) is 0 Å². The molecular formula is C20H27NO. The minimum Gasteiger partial charge on any atom is -0.393 e. The molecule has 1 heterocycles. The highest BCUT2D eigenvalue weighted by Crippen LogP contribution is 2.42. The third-order valence-corrected chi connectivity index (χ3v) is 5.20. The number of allylic oxidation sites excluding steroid dienone is 3. The molecule has 0 amide bonds. The summed E-state index contributed by atoms with van der Waals surface area (Å²) in [6, 6.07) is 0.461. The van der Waals surface area contributed by atoms with Gasteiger partial charge in [0, 0.05) is 17.5 Å². The fourth-order valence-electron chi connectivity index (χ4n) is 4.23. The predicted octanol–water partition coefficient (Wildman–Crippen LogP) is 3.19. The van der Waals surface area contributed by atoms with E-state index in [-0.39, 0.29) is 17.6 Å². The molecule has 0 radical (unpaired) electrons. The van der Waals surface area contributed by atoms with Gasteiger partial charge >= 0.3 is 0 Å². The highest BCUT2D eigenvalue weighted by molar-refractivity contribution is 5.13. The molecule has 1 saturated heterocycles. The van der Waals surface area contributed by atoms with Crippen molar-refractivity contribution in [2.24, 2.45) is 5.92 Å².